The van der Waals surface area contributed by atoms with E-state index in [4.69, 9.17) is 11.6 Å². The molecule has 6 nitrogen and oxygen atoms in total. The van der Waals surface area contributed by atoms with Gasteiger partial charge in [-0.05, 0) is 72.1 Å². The van der Waals surface area contributed by atoms with Crippen LogP contribution in [0.4, 0.5) is 5.82 Å². The summed E-state index contributed by atoms with van der Waals surface area (Å²) in [6.07, 6.45) is 0. The van der Waals surface area contributed by atoms with Crippen LogP contribution >= 0.6 is 27.5 Å². The summed E-state index contributed by atoms with van der Waals surface area (Å²) in [5.41, 5.74) is 5.62. The number of benzene rings is 2. The van der Waals surface area contributed by atoms with Crippen molar-refractivity contribution in [3.8, 4) is 0 Å². The minimum Gasteiger partial charge on any atom is -0.305 e. The number of amides is 1. The molecule has 0 spiro atoms. The first-order valence-corrected chi connectivity index (χ1v) is 11.4. The Bertz CT molecular complexity index is 1280. The highest BCUT2D eigenvalue weighted by Crippen LogP contribution is 2.21. The van der Waals surface area contributed by atoms with Crippen molar-refractivity contribution in [3.05, 3.63) is 97.9 Å². The molecular weight excluding hydrogens is 490 g/mol. The van der Waals surface area contributed by atoms with Gasteiger partial charge in [-0.15, -0.1) is 0 Å². The fourth-order valence-corrected chi connectivity index (χ4v) is 3.91. The molecule has 0 bridgehead atoms. The molecule has 4 rings (SSSR count). The summed E-state index contributed by atoms with van der Waals surface area (Å²) in [7, 11) is 0. The summed E-state index contributed by atoms with van der Waals surface area (Å²) >= 11 is 9.52. The fourth-order valence-electron chi connectivity index (χ4n) is 3.50. The largest absolute Gasteiger partial charge is 0.305 e. The zero-order chi connectivity index (χ0) is 22.8. The summed E-state index contributed by atoms with van der Waals surface area (Å²) in [6, 6.07) is 17.1. The maximum absolute atomic E-state index is 12.9. The van der Waals surface area contributed by atoms with Crippen molar-refractivity contribution in [2.24, 2.45) is 0 Å². The van der Waals surface area contributed by atoms with Gasteiger partial charge in [0.1, 0.15) is 0 Å². The van der Waals surface area contributed by atoms with Gasteiger partial charge in [0, 0.05) is 22.3 Å². The average Bonchev–Trinajstić information content (AvgIpc) is 3.23. The van der Waals surface area contributed by atoms with Crippen molar-refractivity contribution in [1.29, 1.82) is 0 Å². The second-order valence-electron chi connectivity index (χ2n) is 7.75. The minimum absolute atomic E-state index is 0.197. The van der Waals surface area contributed by atoms with Gasteiger partial charge < -0.3 is 5.32 Å². The lowest BCUT2D eigenvalue weighted by Gasteiger charge is -2.08. The Morgan fingerprint density at radius 2 is 1.69 bits per heavy atom. The highest BCUT2D eigenvalue weighted by atomic mass is 79.9. The molecule has 0 atom stereocenters. The van der Waals surface area contributed by atoms with Gasteiger partial charge >= 0.3 is 0 Å². The number of carbonyl (C=O) groups is 1. The van der Waals surface area contributed by atoms with Gasteiger partial charge in [-0.25, -0.2) is 0 Å². The first-order valence-electron chi connectivity index (χ1n) is 10.2. The quantitative estimate of drug-likeness (QED) is 0.357. The normalized spacial score (nSPS) is 11.0. The molecule has 164 valence electrons. The standard InChI is InChI=1S/C24H23BrClN5O/c1-15-11-22(29-30(15)13-18-7-9-21(26)10-8-18)27-24(32)20-6-4-5-19(12-20)14-31-17(3)23(25)16(2)28-31/h4-12H,13-14H2,1-3H3,(H,27,29,32). The van der Waals surface area contributed by atoms with E-state index < -0.39 is 0 Å². The van der Waals surface area contributed by atoms with E-state index in [1.807, 2.05) is 78.7 Å². The van der Waals surface area contributed by atoms with Crippen molar-refractivity contribution in [2.45, 2.75) is 33.9 Å². The maximum Gasteiger partial charge on any atom is 0.256 e. The predicted molar refractivity (Wildman–Crippen MR) is 130 cm³/mol. The summed E-state index contributed by atoms with van der Waals surface area (Å²) in [6.45, 7) is 7.14. The van der Waals surface area contributed by atoms with Gasteiger partial charge in [0.2, 0.25) is 0 Å². The third-order valence-corrected chi connectivity index (χ3v) is 6.68. The molecule has 0 unspecified atom stereocenters. The molecule has 0 aliphatic carbocycles. The number of aryl methyl sites for hydroxylation is 2. The van der Waals surface area contributed by atoms with Gasteiger partial charge in [0.25, 0.3) is 5.91 Å². The van der Waals surface area contributed by atoms with Gasteiger partial charge in [0.05, 0.1) is 29.0 Å². The van der Waals surface area contributed by atoms with Gasteiger partial charge in [0.15, 0.2) is 5.82 Å². The van der Waals surface area contributed by atoms with Crippen molar-refractivity contribution in [3.63, 3.8) is 0 Å². The lowest BCUT2D eigenvalue weighted by atomic mass is 10.1. The number of hydrogen-bond donors (Lipinski definition) is 1. The summed E-state index contributed by atoms with van der Waals surface area (Å²) in [4.78, 5) is 12.9. The molecule has 0 radical (unpaired) electrons. The zero-order valence-electron chi connectivity index (χ0n) is 18.1. The lowest BCUT2D eigenvalue weighted by Crippen LogP contribution is -2.14. The third kappa shape index (κ3) is 4.95. The fraction of sp³-hybridized carbons (Fsp3) is 0.208. The Hall–Kier alpha value is -2.90. The molecule has 2 aromatic carbocycles. The molecule has 0 saturated heterocycles. The van der Waals surface area contributed by atoms with E-state index in [1.54, 1.807) is 6.07 Å². The van der Waals surface area contributed by atoms with E-state index >= 15 is 0 Å². The van der Waals surface area contributed by atoms with E-state index in [1.165, 1.54) is 0 Å². The number of carbonyl (C=O) groups excluding carboxylic acids is 1. The molecular formula is C24H23BrClN5O. The van der Waals surface area contributed by atoms with E-state index in [0.29, 0.717) is 29.5 Å². The molecule has 0 saturated carbocycles. The van der Waals surface area contributed by atoms with E-state index in [9.17, 15) is 4.79 Å². The number of nitrogens with zero attached hydrogens (tertiary/aromatic N) is 4. The monoisotopic (exact) mass is 511 g/mol. The van der Waals surface area contributed by atoms with Crippen molar-refractivity contribution in [2.75, 3.05) is 5.32 Å². The molecule has 2 aromatic heterocycles. The second-order valence-corrected chi connectivity index (χ2v) is 8.98. The van der Waals surface area contributed by atoms with Gasteiger partial charge in [-0.1, -0.05) is 35.9 Å². The predicted octanol–water partition coefficient (Wildman–Crippen LogP) is 5.77. The second kappa shape index (κ2) is 9.30. The van der Waals surface area contributed by atoms with Gasteiger partial charge in [-0.3, -0.25) is 14.2 Å². The SMILES string of the molecule is Cc1nn(Cc2cccc(C(=O)Nc3cc(C)n(Cc4ccc(Cl)cc4)n3)c2)c(C)c1Br. The Kier molecular flexibility index (Phi) is 6.48. The van der Waals surface area contributed by atoms with Crippen LogP contribution in [0.15, 0.2) is 59.1 Å². The number of anilines is 1. The van der Waals surface area contributed by atoms with Crippen LogP contribution in [0.3, 0.4) is 0 Å². The van der Waals surface area contributed by atoms with E-state index in [2.05, 4.69) is 31.4 Å². The lowest BCUT2D eigenvalue weighted by molar-refractivity contribution is 0.102. The number of aromatic nitrogens is 4. The Labute approximate surface area is 200 Å². The molecule has 1 amide bonds. The molecule has 0 aliphatic heterocycles. The number of halogens is 2. The zero-order valence-corrected chi connectivity index (χ0v) is 20.4. The third-order valence-electron chi connectivity index (χ3n) is 5.28. The van der Waals surface area contributed by atoms with Gasteiger partial charge in [-0.2, -0.15) is 10.2 Å². The van der Waals surface area contributed by atoms with Crippen LogP contribution in [0.2, 0.25) is 5.02 Å². The smallest absolute Gasteiger partial charge is 0.256 e. The van der Waals surface area contributed by atoms with Crippen LogP contribution in [0.25, 0.3) is 0 Å². The number of nitrogens with one attached hydrogen (secondary N) is 1. The molecule has 4 aromatic rings. The van der Waals surface area contributed by atoms with Crippen LogP contribution in [-0.2, 0) is 13.1 Å². The van der Waals surface area contributed by atoms with E-state index in [0.717, 1.165) is 32.7 Å². The summed E-state index contributed by atoms with van der Waals surface area (Å²) < 4.78 is 4.80. The Morgan fingerprint density at radius 1 is 0.969 bits per heavy atom. The summed E-state index contributed by atoms with van der Waals surface area (Å²) in [5, 5.41) is 12.7. The number of hydrogen-bond acceptors (Lipinski definition) is 3. The first-order chi connectivity index (χ1) is 15.3. The van der Waals surface area contributed by atoms with E-state index in [-0.39, 0.29) is 5.91 Å². The highest BCUT2D eigenvalue weighted by molar-refractivity contribution is 9.10. The maximum atomic E-state index is 12.9. The van der Waals surface area contributed by atoms with Crippen molar-refractivity contribution >= 4 is 39.3 Å². The van der Waals surface area contributed by atoms with Crippen LogP contribution < -0.4 is 5.32 Å². The Balaban J connectivity index is 1.46. The molecule has 8 heteroatoms. The van der Waals surface area contributed by atoms with Crippen LogP contribution in [0, 0.1) is 20.8 Å². The molecule has 0 aliphatic rings. The molecule has 2 heterocycles. The highest BCUT2D eigenvalue weighted by Gasteiger charge is 2.13. The number of rotatable bonds is 6. The topological polar surface area (TPSA) is 64.7 Å². The summed E-state index contributed by atoms with van der Waals surface area (Å²) in [5.74, 6) is 0.326. The van der Waals surface area contributed by atoms with Crippen LogP contribution in [0.5, 0.6) is 0 Å². The van der Waals surface area contributed by atoms with Crippen LogP contribution in [-0.4, -0.2) is 25.5 Å². The molecule has 0 fully saturated rings. The Morgan fingerprint density at radius 3 is 2.38 bits per heavy atom. The average molecular weight is 513 g/mol. The van der Waals surface area contributed by atoms with Crippen molar-refractivity contribution in [1.82, 2.24) is 19.6 Å². The minimum atomic E-state index is -0.197. The first kappa shape index (κ1) is 22.3. The molecule has 1 N–H and O–H groups in total. The van der Waals surface area contributed by atoms with Crippen LogP contribution in [0.1, 0.15) is 38.6 Å². The van der Waals surface area contributed by atoms with Crippen molar-refractivity contribution < 1.29 is 4.79 Å². The molecule has 32 heavy (non-hydrogen) atoms.